The average Bonchev–Trinajstić information content (AvgIpc) is 2.18. The lowest BCUT2D eigenvalue weighted by atomic mass is 10.2. The summed E-state index contributed by atoms with van der Waals surface area (Å²) in [5.41, 5.74) is 1.39. The summed E-state index contributed by atoms with van der Waals surface area (Å²) in [7, 11) is 0. The normalized spacial score (nSPS) is 10.2. The fraction of sp³-hybridized carbons (Fsp3) is 0.0909. The third-order valence-corrected chi connectivity index (χ3v) is 2.02. The fourth-order valence-corrected chi connectivity index (χ4v) is 1.44. The second kappa shape index (κ2) is 3.57. The maximum atomic E-state index is 10.9. The summed E-state index contributed by atoms with van der Waals surface area (Å²) < 4.78 is 0. The van der Waals surface area contributed by atoms with Gasteiger partial charge in [0.15, 0.2) is 0 Å². The number of fused-ring (bicyclic) bond motifs is 1. The van der Waals surface area contributed by atoms with Gasteiger partial charge in [0, 0.05) is 12.3 Å². The highest BCUT2D eigenvalue weighted by Crippen LogP contribution is 2.24. The minimum absolute atomic E-state index is 0.0836. The maximum Gasteiger partial charge on any atom is 0.221 e. The molecule has 4 heteroatoms. The van der Waals surface area contributed by atoms with Crippen molar-refractivity contribution in [1.82, 2.24) is 4.98 Å². The van der Waals surface area contributed by atoms with Crippen LogP contribution in [0.3, 0.4) is 0 Å². The second-order valence-corrected chi connectivity index (χ2v) is 3.25. The largest absolute Gasteiger partial charge is 0.506 e. The van der Waals surface area contributed by atoms with Crippen LogP contribution < -0.4 is 5.32 Å². The van der Waals surface area contributed by atoms with Gasteiger partial charge in [-0.15, -0.1) is 0 Å². The lowest BCUT2D eigenvalue weighted by Crippen LogP contribution is -2.06. The Morgan fingerprint density at radius 2 is 2.27 bits per heavy atom. The van der Waals surface area contributed by atoms with Crippen LogP contribution >= 0.6 is 0 Å². The van der Waals surface area contributed by atoms with Gasteiger partial charge in [-0.05, 0) is 18.2 Å². The minimum Gasteiger partial charge on any atom is -0.506 e. The number of nitrogens with zero attached hydrogens (tertiary/aromatic N) is 1. The summed E-state index contributed by atoms with van der Waals surface area (Å²) in [6.07, 6.45) is 1.37. The lowest BCUT2D eigenvalue weighted by Gasteiger charge is -2.06. The minimum atomic E-state index is -0.147. The molecule has 76 valence electrons. The molecule has 0 aliphatic rings. The van der Waals surface area contributed by atoms with Crippen molar-refractivity contribution in [2.24, 2.45) is 0 Å². The molecule has 0 fully saturated rings. The third kappa shape index (κ3) is 1.88. The summed E-state index contributed by atoms with van der Waals surface area (Å²) in [4.78, 5) is 15.0. The standard InChI is InChI=1S/C11H10N2O2/c1-7(14)13-11-4-2-3-10-9(11)5-8(15)6-12-10/h2-6,15H,1H3,(H,13,14). The lowest BCUT2D eigenvalue weighted by molar-refractivity contribution is -0.114. The Bertz CT molecular complexity index is 523. The van der Waals surface area contributed by atoms with Gasteiger partial charge < -0.3 is 10.4 Å². The van der Waals surface area contributed by atoms with Crippen LogP contribution in [-0.2, 0) is 4.79 Å². The van der Waals surface area contributed by atoms with Gasteiger partial charge in [0.05, 0.1) is 17.4 Å². The van der Waals surface area contributed by atoms with Crippen LogP contribution in [0.5, 0.6) is 5.75 Å². The van der Waals surface area contributed by atoms with Crippen molar-refractivity contribution in [3.63, 3.8) is 0 Å². The van der Waals surface area contributed by atoms with Crippen molar-refractivity contribution < 1.29 is 9.90 Å². The van der Waals surface area contributed by atoms with Crippen LogP contribution in [0.2, 0.25) is 0 Å². The van der Waals surface area contributed by atoms with E-state index in [4.69, 9.17) is 0 Å². The molecule has 0 atom stereocenters. The number of hydrogen-bond acceptors (Lipinski definition) is 3. The number of nitrogens with one attached hydrogen (secondary N) is 1. The smallest absolute Gasteiger partial charge is 0.221 e. The van der Waals surface area contributed by atoms with E-state index in [1.54, 1.807) is 18.2 Å². The van der Waals surface area contributed by atoms with Gasteiger partial charge in [-0.3, -0.25) is 9.78 Å². The van der Waals surface area contributed by atoms with Crippen LogP contribution in [0.4, 0.5) is 5.69 Å². The van der Waals surface area contributed by atoms with Crippen molar-refractivity contribution >= 4 is 22.5 Å². The van der Waals surface area contributed by atoms with E-state index in [0.29, 0.717) is 5.69 Å². The number of carbonyl (C=O) groups is 1. The average molecular weight is 202 g/mol. The van der Waals surface area contributed by atoms with E-state index in [2.05, 4.69) is 10.3 Å². The highest BCUT2D eigenvalue weighted by atomic mass is 16.3. The van der Waals surface area contributed by atoms with Gasteiger partial charge in [-0.2, -0.15) is 0 Å². The van der Waals surface area contributed by atoms with E-state index in [1.807, 2.05) is 6.07 Å². The highest BCUT2D eigenvalue weighted by Gasteiger charge is 2.03. The first-order chi connectivity index (χ1) is 7.16. The molecule has 0 aliphatic heterocycles. The van der Waals surface area contributed by atoms with Crippen molar-refractivity contribution in [2.45, 2.75) is 6.92 Å². The number of rotatable bonds is 1. The monoisotopic (exact) mass is 202 g/mol. The molecular formula is C11H10N2O2. The SMILES string of the molecule is CC(=O)Nc1cccc2ncc(O)cc12. The predicted octanol–water partition coefficient (Wildman–Crippen LogP) is 1.90. The third-order valence-electron chi connectivity index (χ3n) is 2.02. The molecule has 2 N–H and O–H groups in total. The van der Waals surface area contributed by atoms with Crippen molar-refractivity contribution in [3.05, 3.63) is 30.5 Å². The molecule has 1 aromatic carbocycles. The van der Waals surface area contributed by atoms with Crippen molar-refractivity contribution in [2.75, 3.05) is 5.32 Å². The van der Waals surface area contributed by atoms with Gasteiger partial charge in [0.25, 0.3) is 0 Å². The number of amides is 1. The van der Waals surface area contributed by atoms with E-state index in [9.17, 15) is 9.90 Å². The molecule has 0 aliphatic carbocycles. The molecule has 0 radical (unpaired) electrons. The van der Waals surface area contributed by atoms with Crippen molar-refractivity contribution in [1.29, 1.82) is 0 Å². The molecule has 2 aromatic rings. The Morgan fingerprint density at radius 3 is 3.00 bits per heavy atom. The predicted molar refractivity (Wildman–Crippen MR) is 57.7 cm³/mol. The quantitative estimate of drug-likeness (QED) is 0.742. The van der Waals surface area contributed by atoms with E-state index < -0.39 is 0 Å². The van der Waals surface area contributed by atoms with E-state index in [1.165, 1.54) is 13.1 Å². The van der Waals surface area contributed by atoms with Crippen LogP contribution in [0.15, 0.2) is 30.5 Å². The van der Waals surface area contributed by atoms with Crippen LogP contribution in [0.1, 0.15) is 6.92 Å². The Labute approximate surface area is 86.6 Å². The Balaban J connectivity index is 2.63. The summed E-state index contributed by atoms with van der Waals surface area (Å²) in [6, 6.07) is 6.97. The molecular weight excluding hydrogens is 192 g/mol. The number of benzene rings is 1. The van der Waals surface area contributed by atoms with Gasteiger partial charge >= 0.3 is 0 Å². The molecule has 15 heavy (non-hydrogen) atoms. The zero-order valence-corrected chi connectivity index (χ0v) is 8.19. The first-order valence-electron chi connectivity index (χ1n) is 4.52. The van der Waals surface area contributed by atoms with Crippen LogP contribution in [0, 0.1) is 0 Å². The molecule has 1 heterocycles. The first-order valence-corrected chi connectivity index (χ1v) is 4.52. The van der Waals surface area contributed by atoms with Crippen molar-refractivity contribution in [3.8, 4) is 5.75 Å². The van der Waals surface area contributed by atoms with Gasteiger partial charge in [-0.25, -0.2) is 0 Å². The summed E-state index contributed by atoms with van der Waals surface area (Å²) in [5.74, 6) is -0.0638. The maximum absolute atomic E-state index is 10.9. The molecule has 0 saturated heterocycles. The van der Waals surface area contributed by atoms with Gasteiger partial charge in [-0.1, -0.05) is 6.07 Å². The highest BCUT2D eigenvalue weighted by molar-refractivity contribution is 6.00. The number of carbonyl (C=O) groups excluding carboxylic acids is 1. The number of aromatic nitrogens is 1. The topological polar surface area (TPSA) is 62.2 Å². The zero-order valence-electron chi connectivity index (χ0n) is 8.19. The van der Waals surface area contributed by atoms with Gasteiger partial charge in [0.2, 0.25) is 5.91 Å². The number of aromatic hydroxyl groups is 1. The summed E-state index contributed by atoms with van der Waals surface area (Å²) in [5, 5.41) is 12.7. The molecule has 0 saturated carbocycles. The molecule has 0 spiro atoms. The number of pyridine rings is 1. The Morgan fingerprint density at radius 1 is 1.47 bits per heavy atom. The van der Waals surface area contributed by atoms with Gasteiger partial charge in [0.1, 0.15) is 5.75 Å². The molecule has 0 bridgehead atoms. The second-order valence-electron chi connectivity index (χ2n) is 3.25. The summed E-state index contributed by atoms with van der Waals surface area (Å²) in [6.45, 7) is 1.44. The first kappa shape index (κ1) is 9.45. The number of anilines is 1. The van der Waals surface area contributed by atoms with E-state index in [0.717, 1.165) is 10.9 Å². The fourth-order valence-electron chi connectivity index (χ4n) is 1.44. The molecule has 1 amide bonds. The Hall–Kier alpha value is -2.10. The van der Waals surface area contributed by atoms with E-state index in [-0.39, 0.29) is 11.7 Å². The Kier molecular flexibility index (Phi) is 2.25. The zero-order chi connectivity index (χ0) is 10.8. The molecule has 0 unspecified atom stereocenters. The molecule has 4 nitrogen and oxygen atoms in total. The van der Waals surface area contributed by atoms with E-state index >= 15 is 0 Å². The molecule has 2 rings (SSSR count). The van der Waals surface area contributed by atoms with Crippen LogP contribution in [-0.4, -0.2) is 16.0 Å². The number of hydrogen-bond donors (Lipinski definition) is 2. The van der Waals surface area contributed by atoms with Crippen LogP contribution in [0.25, 0.3) is 10.9 Å². The summed E-state index contributed by atoms with van der Waals surface area (Å²) >= 11 is 0. The molecule has 1 aromatic heterocycles.